The molecule has 1 fully saturated rings. The molecule has 11 nitrogen and oxygen atoms in total. The lowest BCUT2D eigenvalue weighted by molar-refractivity contribution is -0.384. The fourth-order valence-corrected chi connectivity index (χ4v) is 3.99. The summed E-state index contributed by atoms with van der Waals surface area (Å²) < 4.78 is 12.5. The molecule has 1 aromatic carbocycles. The van der Waals surface area contributed by atoms with Gasteiger partial charge in [-0.2, -0.15) is 0 Å². The number of aliphatic hydroxyl groups excluding tert-OH is 2. The fourth-order valence-electron chi connectivity index (χ4n) is 3.99. The predicted molar refractivity (Wildman–Crippen MR) is 115 cm³/mol. The molecule has 0 bridgehead atoms. The average molecular weight is 450 g/mol. The van der Waals surface area contributed by atoms with Crippen LogP contribution in [-0.2, 0) is 22.3 Å². The highest BCUT2D eigenvalue weighted by Gasteiger charge is 2.38. The third-order valence-corrected chi connectivity index (χ3v) is 5.89. The Morgan fingerprint density at radius 2 is 2.12 bits per heavy atom. The van der Waals surface area contributed by atoms with E-state index in [1.165, 1.54) is 19.2 Å². The van der Waals surface area contributed by atoms with Gasteiger partial charge in [0.25, 0.3) is 5.69 Å². The maximum atomic E-state index is 10.8. The van der Waals surface area contributed by atoms with E-state index in [2.05, 4.69) is 15.2 Å². The van der Waals surface area contributed by atoms with Gasteiger partial charge in [0, 0.05) is 44.4 Å². The number of non-ortho nitro benzene ring substituents is 1. The van der Waals surface area contributed by atoms with Crippen molar-refractivity contribution in [3.63, 3.8) is 0 Å². The standard InChI is InChI=1S/C21H31N5O6/c1-14-10-19(20(28)21(31-3)32-14)24(2)9-8-16-12-25(23-22-16)18(13-27)11-15-4-6-17(7-5-15)26(29)30/h4-7,12,14,18-21,27-28H,8-11,13H2,1-3H3/t14-,18+,19+,20-,21-/m1/s1. The first kappa shape index (κ1) is 24.2. The summed E-state index contributed by atoms with van der Waals surface area (Å²) in [5.41, 5.74) is 1.67. The number of hydrogen-bond acceptors (Lipinski definition) is 9. The van der Waals surface area contributed by atoms with Gasteiger partial charge in [-0.1, -0.05) is 17.3 Å². The second kappa shape index (κ2) is 10.9. The van der Waals surface area contributed by atoms with Crippen LogP contribution in [-0.4, -0.2) is 86.9 Å². The van der Waals surface area contributed by atoms with E-state index in [9.17, 15) is 20.3 Å². The van der Waals surface area contributed by atoms with Crippen LogP contribution >= 0.6 is 0 Å². The fraction of sp³-hybridized carbons (Fsp3) is 0.619. The maximum Gasteiger partial charge on any atom is 0.269 e. The van der Waals surface area contributed by atoms with Gasteiger partial charge in [0.2, 0.25) is 0 Å². The summed E-state index contributed by atoms with van der Waals surface area (Å²) in [6.45, 7) is 2.49. The number of rotatable bonds is 10. The molecule has 11 heteroatoms. The largest absolute Gasteiger partial charge is 0.394 e. The van der Waals surface area contributed by atoms with Gasteiger partial charge < -0.3 is 24.6 Å². The zero-order chi connectivity index (χ0) is 23.3. The Hall–Kier alpha value is -2.44. The number of ether oxygens (including phenoxy) is 2. The molecule has 2 heterocycles. The molecule has 0 unspecified atom stereocenters. The van der Waals surface area contributed by atoms with E-state index in [0.29, 0.717) is 25.8 Å². The molecule has 0 spiro atoms. The highest BCUT2D eigenvalue weighted by atomic mass is 16.7. The number of methoxy groups -OCH3 is 1. The van der Waals surface area contributed by atoms with E-state index >= 15 is 0 Å². The highest BCUT2D eigenvalue weighted by Crippen LogP contribution is 2.24. The molecule has 1 aromatic heterocycles. The normalized spacial score (nSPS) is 24.6. The van der Waals surface area contributed by atoms with Crippen LogP contribution in [0.2, 0.25) is 0 Å². The molecule has 2 aromatic rings. The molecule has 0 aliphatic carbocycles. The van der Waals surface area contributed by atoms with Gasteiger partial charge in [-0.3, -0.25) is 10.1 Å². The van der Waals surface area contributed by atoms with Crippen LogP contribution in [0.15, 0.2) is 30.5 Å². The average Bonchev–Trinajstić information content (AvgIpc) is 3.26. The second-order valence-electron chi connectivity index (χ2n) is 8.23. The van der Waals surface area contributed by atoms with Gasteiger partial charge in [0.05, 0.1) is 29.4 Å². The lowest BCUT2D eigenvalue weighted by Crippen LogP contribution is -2.55. The molecule has 1 aliphatic rings. The molecule has 3 rings (SSSR count). The molecule has 0 amide bonds. The summed E-state index contributed by atoms with van der Waals surface area (Å²) in [5.74, 6) is 0. The minimum atomic E-state index is -0.739. The predicted octanol–water partition coefficient (Wildman–Crippen LogP) is 0.947. The maximum absolute atomic E-state index is 10.8. The number of likely N-dealkylation sites (N-methyl/N-ethyl adjacent to an activating group) is 1. The molecule has 0 radical (unpaired) electrons. The van der Waals surface area contributed by atoms with Crippen molar-refractivity contribution in [2.45, 2.75) is 56.8 Å². The molecule has 1 saturated heterocycles. The molecular weight excluding hydrogens is 418 g/mol. The van der Waals surface area contributed by atoms with Crippen LogP contribution < -0.4 is 0 Å². The Bertz CT molecular complexity index is 876. The van der Waals surface area contributed by atoms with E-state index in [0.717, 1.165) is 11.3 Å². The SMILES string of the molecule is CO[C@@H]1O[C@H](C)C[C@H](N(C)CCc2cn([C@H](CO)Cc3ccc([N+](=O)[O-])cc3)nn2)[C@H]1O. The van der Waals surface area contributed by atoms with E-state index in [-0.39, 0.29) is 30.5 Å². The Balaban J connectivity index is 1.57. The van der Waals surface area contributed by atoms with E-state index in [4.69, 9.17) is 9.47 Å². The summed E-state index contributed by atoms with van der Waals surface area (Å²) in [6, 6.07) is 5.85. The van der Waals surface area contributed by atoms with Crippen molar-refractivity contribution in [3.8, 4) is 0 Å². The van der Waals surface area contributed by atoms with E-state index in [1.54, 1.807) is 23.0 Å². The third-order valence-electron chi connectivity index (χ3n) is 5.89. The Labute approximate surface area is 186 Å². The van der Waals surface area contributed by atoms with Crippen molar-refractivity contribution in [2.75, 3.05) is 27.3 Å². The van der Waals surface area contributed by atoms with Gasteiger partial charge in [-0.05, 0) is 32.4 Å². The Morgan fingerprint density at radius 3 is 2.75 bits per heavy atom. The number of nitrogens with zero attached hydrogens (tertiary/aromatic N) is 5. The minimum Gasteiger partial charge on any atom is -0.394 e. The molecule has 1 aliphatic heterocycles. The van der Waals surface area contributed by atoms with Crippen LogP contribution in [0, 0.1) is 10.1 Å². The Kier molecular flexibility index (Phi) is 8.26. The second-order valence-corrected chi connectivity index (χ2v) is 8.23. The smallest absolute Gasteiger partial charge is 0.269 e. The van der Waals surface area contributed by atoms with Crippen LogP contribution in [0.1, 0.15) is 30.6 Å². The van der Waals surface area contributed by atoms with Gasteiger partial charge in [-0.15, -0.1) is 5.10 Å². The first-order chi connectivity index (χ1) is 15.3. The van der Waals surface area contributed by atoms with Gasteiger partial charge in [0.1, 0.15) is 6.10 Å². The van der Waals surface area contributed by atoms with Crippen molar-refractivity contribution in [2.24, 2.45) is 0 Å². The number of benzene rings is 1. The highest BCUT2D eigenvalue weighted by molar-refractivity contribution is 5.33. The number of nitro groups is 1. The summed E-state index contributed by atoms with van der Waals surface area (Å²) in [5, 5.41) is 39.5. The van der Waals surface area contributed by atoms with Crippen molar-refractivity contribution >= 4 is 5.69 Å². The van der Waals surface area contributed by atoms with Gasteiger partial charge in [0.15, 0.2) is 6.29 Å². The topological polar surface area (TPSA) is 136 Å². The lowest BCUT2D eigenvalue weighted by atomic mass is 9.98. The summed E-state index contributed by atoms with van der Waals surface area (Å²) >= 11 is 0. The van der Waals surface area contributed by atoms with Crippen molar-refractivity contribution in [1.29, 1.82) is 0 Å². The first-order valence-electron chi connectivity index (χ1n) is 10.6. The minimum absolute atomic E-state index is 0.0126. The van der Waals surface area contributed by atoms with Crippen molar-refractivity contribution in [3.05, 3.63) is 51.8 Å². The zero-order valence-corrected chi connectivity index (χ0v) is 18.6. The van der Waals surface area contributed by atoms with Crippen molar-refractivity contribution in [1.82, 2.24) is 19.9 Å². The summed E-state index contributed by atoms with van der Waals surface area (Å²) in [6.07, 6.45) is 2.22. The summed E-state index contributed by atoms with van der Waals surface area (Å²) in [4.78, 5) is 12.4. The monoisotopic (exact) mass is 449 g/mol. The number of aromatic nitrogens is 3. The Morgan fingerprint density at radius 1 is 1.41 bits per heavy atom. The van der Waals surface area contributed by atoms with Crippen LogP contribution in [0.3, 0.4) is 0 Å². The van der Waals surface area contributed by atoms with Crippen molar-refractivity contribution < 1.29 is 24.6 Å². The molecule has 176 valence electrons. The van der Waals surface area contributed by atoms with E-state index < -0.39 is 17.3 Å². The molecule has 32 heavy (non-hydrogen) atoms. The first-order valence-corrected chi connectivity index (χ1v) is 10.6. The summed E-state index contributed by atoms with van der Waals surface area (Å²) in [7, 11) is 3.48. The van der Waals surface area contributed by atoms with Crippen LogP contribution in [0.5, 0.6) is 0 Å². The van der Waals surface area contributed by atoms with Crippen LogP contribution in [0.4, 0.5) is 5.69 Å². The molecular formula is C21H31N5O6. The molecule has 5 atom stereocenters. The van der Waals surface area contributed by atoms with Gasteiger partial charge >= 0.3 is 0 Å². The van der Waals surface area contributed by atoms with Crippen LogP contribution in [0.25, 0.3) is 0 Å². The van der Waals surface area contributed by atoms with E-state index in [1.807, 2.05) is 14.0 Å². The van der Waals surface area contributed by atoms with Gasteiger partial charge in [-0.25, -0.2) is 4.68 Å². The molecule has 2 N–H and O–H groups in total. The zero-order valence-electron chi connectivity index (χ0n) is 18.6. The number of aliphatic hydroxyl groups is 2. The third kappa shape index (κ3) is 5.87. The lowest BCUT2D eigenvalue weighted by Gasteiger charge is -2.41. The number of nitro benzene ring substituents is 1. The quantitative estimate of drug-likeness (QED) is 0.401. The number of hydrogen-bond donors (Lipinski definition) is 2. The molecule has 0 saturated carbocycles.